The molecule has 0 atom stereocenters. The molecule has 0 radical (unpaired) electrons. The first-order valence-corrected chi connectivity index (χ1v) is 13.7. The lowest BCUT2D eigenvalue weighted by Crippen LogP contribution is -2.37. The van der Waals surface area contributed by atoms with Gasteiger partial charge in [-0.15, -0.1) is 0 Å². The van der Waals surface area contributed by atoms with Crippen LogP contribution in [0.1, 0.15) is 31.6 Å². The molecule has 2 aliphatic heterocycles. The number of rotatable bonds is 6. The highest BCUT2D eigenvalue weighted by molar-refractivity contribution is 5.95. The average Bonchev–Trinajstić information content (AvgIpc) is 3.73. The molecule has 0 aliphatic carbocycles. The third-order valence-corrected chi connectivity index (χ3v) is 7.94. The lowest BCUT2D eigenvalue weighted by molar-refractivity contribution is 0.122. The molecule has 1 N–H and O–H groups in total. The van der Waals surface area contributed by atoms with Crippen molar-refractivity contribution in [1.29, 1.82) is 0 Å². The number of nitrogens with zero attached hydrogens (tertiary/aromatic N) is 8. The normalized spacial score (nSPS) is 17.7. The van der Waals surface area contributed by atoms with Crippen molar-refractivity contribution in [3.63, 3.8) is 0 Å². The number of fused-ring (bicyclic) bond motifs is 2. The van der Waals surface area contributed by atoms with Crippen molar-refractivity contribution in [1.82, 2.24) is 39.2 Å². The minimum Gasteiger partial charge on any atom is -0.378 e. The highest BCUT2D eigenvalue weighted by Gasteiger charge is 2.26. The van der Waals surface area contributed by atoms with Gasteiger partial charge in [-0.05, 0) is 38.0 Å². The van der Waals surface area contributed by atoms with Gasteiger partial charge in [-0.25, -0.2) is 15.0 Å². The van der Waals surface area contributed by atoms with Crippen molar-refractivity contribution in [3.8, 4) is 11.4 Å². The average molecular weight is 512 g/mol. The highest BCUT2D eigenvalue weighted by Crippen LogP contribution is 2.32. The van der Waals surface area contributed by atoms with Gasteiger partial charge in [0.25, 0.3) is 0 Å². The maximum absolute atomic E-state index is 5.65. The Hall–Kier alpha value is -3.76. The molecule has 5 aromatic rings. The molecule has 0 spiro atoms. The first-order chi connectivity index (χ1) is 18.8. The Labute approximate surface area is 221 Å². The lowest BCUT2D eigenvalue weighted by atomic mass is 10.1. The van der Waals surface area contributed by atoms with E-state index in [2.05, 4.69) is 66.5 Å². The van der Waals surface area contributed by atoms with Crippen LogP contribution in [0.2, 0.25) is 0 Å². The molecule has 196 valence electrons. The minimum atomic E-state index is 0.476. The second-order valence-electron chi connectivity index (χ2n) is 10.2. The molecule has 10 nitrogen and oxygen atoms in total. The Kier molecular flexibility index (Phi) is 6.05. The van der Waals surface area contributed by atoms with Gasteiger partial charge in [0.05, 0.1) is 25.8 Å². The van der Waals surface area contributed by atoms with Gasteiger partial charge in [-0.1, -0.05) is 12.1 Å². The predicted molar refractivity (Wildman–Crippen MR) is 147 cm³/mol. The van der Waals surface area contributed by atoms with Crippen LogP contribution in [0, 0.1) is 0 Å². The Morgan fingerprint density at radius 2 is 1.87 bits per heavy atom. The summed E-state index contributed by atoms with van der Waals surface area (Å²) in [7, 11) is 0. The third-order valence-electron chi connectivity index (χ3n) is 7.94. The van der Waals surface area contributed by atoms with Gasteiger partial charge in [0.2, 0.25) is 0 Å². The highest BCUT2D eigenvalue weighted by atomic mass is 16.5. The van der Waals surface area contributed by atoms with E-state index in [0.29, 0.717) is 19.3 Å². The van der Waals surface area contributed by atoms with Gasteiger partial charge in [-0.2, -0.15) is 5.10 Å². The zero-order valence-corrected chi connectivity index (χ0v) is 21.8. The van der Waals surface area contributed by atoms with Gasteiger partial charge >= 0.3 is 0 Å². The van der Waals surface area contributed by atoms with E-state index in [-0.39, 0.29) is 0 Å². The molecule has 2 fully saturated rings. The fraction of sp³-hybridized carbons (Fsp3) is 0.429. The summed E-state index contributed by atoms with van der Waals surface area (Å²) in [4.78, 5) is 23.6. The molecule has 0 unspecified atom stereocenters. The number of H-pyrrole nitrogens is 1. The maximum atomic E-state index is 5.65. The minimum absolute atomic E-state index is 0.476. The number of aromatic nitrogens is 7. The van der Waals surface area contributed by atoms with E-state index in [1.165, 1.54) is 0 Å². The summed E-state index contributed by atoms with van der Waals surface area (Å²) in [6, 6.07) is 10.8. The van der Waals surface area contributed by atoms with E-state index < -0.39 is 0 Å². The zero-order valence-electron chi connectivity index (χ0n) is 21.8. The fourth-order valence-corrected chi connectivity index (χ4v) is 5.92. The van der Waals surface area contributed by atoms with Crippen LogP contribution in [0.15, 0.2) is 48.9 Å². The Bertz CT molecular complexity index is 1540. The molecule has 2 aliphatic rings. The number of piperidine rings is 1. The van der Waals surface area contributed by atoms with E-state index in [0.717, 1.165) is 97.2 Å². The summed E-state index contributed by atoms with van der Waals surface area (Å²) in [6.07, 6.45) is 8.11. The topological polar surface area (TPSA) is 92.9 Å². The van der Waals surface area contributed by atoms with Crippen LogP contribution in [0.4, 0.5) is 5.82 Å². The molecule has 0 bridgehead atoms. The van der Waals surface area contributed by atoms with Crippen LogP contribution in [-0.4, -0.2) is 78.6 Å². The number of aryl methyl sites for hydroxylation is 1. The number of imidazole rings is 1. The lowest BCUT2D eigenvalue weighted by Gasteiger charge is -2.31. The summed E-state index contributed by atoms with van der Waals surface area (Å²) >= 11 is 0. The second kappa shape index (κ2) is 9.85. The standard InChI is InChI=1S/C28H33N9O/c1-2-36-24(19-34-13-8-20(9-14-34)37-12-4-10-30-37)31-25-27(35-15-17-38-18-16-35)32-26(33-28(25)36)22-5-3-6-23-21(22)7-11-29-23/h3-7,10-12,20,29H,2,8-9,13-19H2,1H3. The van der Waals surface area contributed by atoms with E-state index in [4.69, 9.17) is 19.7 Å². The van der Waals surface area contributed by atoms with Gasteiger partial charge in [0, 0.05) is 67.8 Å². The number of benzene rings is 1. The maximum Gasteiger partial charge on any atom is 0.166 e. The number of morpholine rings is 1. The van der Waals surface area contributed by atoms with Gasteiger partial charge in [0.1, 0.15) is 5.82 Å². The van der Waals surface area contributed by atoms with Crippen molar-refractivity contribution < 1.29 is 4.74 Å². The molecular formula is C28H33N9O. The Balaban J connectivity index is 1.27. The summed E-state index contributed by atoms with van der Waals surface area (Å²) in [5, 5.41) is 5.59. The van der Waals surface area contributed by atoms with Gasteiger partial charge in [0.15, 0.2) is 22.8 Å². The number of likely N-dealkylation sites (tertiary alicyclic amines) is 1. The van der Waals surface area contributed by atoms with Crippen LogP contribution < -0.4 is 4.90 Å². The number of hydrogen-bond donors (Lipinski definition) is 1. The fourth-order valence-electron chi connectivity index (χ4n) is 5.92. The van der Waals surface area contributed by atoms with Crippen LogP contribution in [0.25, 0.3) is 33.5 Å². The van der Waals surface area contributed by atoms with Crippen molar-refractivity contribution in [2.24, 2.45) is 0 Å². The van der Waals surface area contributed by atoms with Crippen LogP contribution in [0.3, 0.4) is 0 Å². The Morgan fingerprint density at radius 3 is 2.66 bits per heavy atom. The van der Waals surface area contributed by atoms with E-state index in [9.17, 15) is 0 Å². The summed E-state index contributed by atoms with van der Waals surface area (Å²) in [6.45, 7) is 8.84. The first-order valence-electron chi connectivity index (χ1n) is 13.7. The van der Waals surface area contributed by atoms with E-state index in [1.54, 1.807) is 0 Å². The monoisotopic (exact) mass is 511 g/mol. The smallest absolute Gasteiger partial charge is 0.166 e. The third kappa shape index (κ3) is 4.13. The molecule has 0 saturated carbocycles. The predicted octanol–water partition coefficient (Wildman–Crippen LogP) is 3.86. The molecule has 0 amide bonds. The molecule has 4 aromatic heterocycles. The Morgan fingerprint density at radius 1 is 1.00 bits per heavy atom. The molecule has 1 aromatic carbocycles. The van der Waals surface area contributed by atoms with Crippen molar-refractivity contribution in [3.05, 3.63) is 54.7 Å². The second-order valence-corrected chi connectivity index (χ2v) is 10.2. The zero-order chi connectivity index (χ0) is 25.5. The summed E-state index contributed by atoms with van der Waals surface area (Å²) in [5.41, 5.74) is 3.92. The number of anilines is 1. The molecular weight excluding hydrogens is 478 g/mol. The molecule has 38 heavy (non-hydrogen) atoms. The molecule has 7 rings (SSSR count). The first kappa shape index (κ1) is 23.4. The van der Waals surface area contributed by atoms with Crippen molar-refractivity contribution in [2.45, 2.75) is 38.9 Å². The molecule has 10 heteroatoms. The number of nitrogens with one attached hydrogen (secondary N) is 1. The quantitative estimate of drug-likeness (QED) is 0.370. The van der Waals surface area contributed by atoms with Gasteiger partial charge in [-0.3, -0.25) is 9.58 Å². The number of ether oxygens (including phenoxy) is 1. The number of hydrogen-bond acceptors (Lipinski definition) is 7. The van der Waals surface area contributed by atoms with E-state index in [1.807, 2.05) is 18.5 Å². The van der Waals surface area contributed by atoms with Crippen LogP contribution in [0.5, 0.6) is 0 Å². The summed E-state index contributed by atoms with van der Waals surface area (Å²) < 4.78 is 10.0. The van der Waals surface area contributed by atoms with E-state index >= 15 is 0 Å². The van der Waals surface area contributed by atoms with Crippen molar-refractivity contribution >= 4 is 27.9 Å². The van der Waals surface area contributed by atoms with Crippen LogP contribution in [-0.2, 0) is 17.8 Å². The van der Waals surface area contributed by atoms with Crippen LogP contribution >= 0.6 is 0 Å². The molecule has 2 saturated heterocycles. The number of aromatic amines is 1. The SMILES string of the molecule is CCn1c(CN2CCC(n3cccn3)CC2)nc2c(N3CCOCC3)nc(-c3cccc4[nH]ccc34)nc21. The molecule has 6 heterocycles. The summed E-state index contributed by atoms with van der Waals surface area (Å²) in [5.74, 6) is 2.71. The largest absolute Gasteiger partial charge is 0.378 e. The van der Waals surface area contributed by atoms with Crippen molar-refractivity contribution in [2.75, 3.05) is 44.3 Å². The van der Waals surface area contributed by atoms with Gasteiger partial charge < -0.3 is 19.2 Å².